The van der Waals surface area contributed by atoms with Crippen molar-refractivity contribution in [1.29, 1.82) is 0 Å². The van der Waals surface area contributed by atoms with E-state index in [-0.39, 0.29) is 4.90 Å². The molecule has 0 aliphatic rings. The van der Waals surface area contributed by atoms with E-state index < -0.39 is 10.1 Å². The second kappa shape index (κ2) is 28.3. The van der Waals surface area contributed by atoms with E-state index in [2.05, 4.69) is 26.0 Å². The van der Waals surface area contributed by atoms with E-state index in [1.807, 2.05) is 12.1 Å². The fourth-order valence-electron chi connectivity index (χ4n) is 7.44. The van der Waals surface area contributed by atoms with Crippen molar-refractivity contribution >= 4 is 20.9 Å². The highest BCUT2D eigenvalue weighted by atomic mass is 32.2. The van der Waals surface area contributed by atoms with Gasteiger partial charge in [0.25, 0.3) is 10.1 Å². The maximum Gasteiger partial charge on any atom is 0.294 e. The molecule has 0 amide bonds. The fourth-order valence-corrected chi connectivity index (χ4v) is 8.21. The molecule has 0 aliphatic carbocycles. The molecule has 0 aliphatic heterocycles. The third-order valence-corrected chi connectivity index (χ3v) is 11.5. The Morgan fingerprint density at radius 3 is 1.12 bits per heavy atom. The second-order valence-electron chi connectivity index (χ2n) is 15.0. The summed E-state index contributed by atoms with van der Waals surface area (Å²) < 4.78 is 34.7. The van der Waals surface area contributed by atoms with Gasteiger partial charge in [0.2, 0.25) is 0 Å². The van der Waals surface area contributed by atoms with Crippen LogP contribution in [0.2, 0.25) is 0 Å². The lowest BCUT2D eigenvalue weighted by atomic mass is 9.95. The molecule has 0 saturated carbocycles. The highest BCUT2D eigenvalue weighted by Gasteiger charge is 2.17. The minimum atomic E-state index is -4.25. The first-order chi connectivity index (χ1) is 23.5. The molecular weight excluding hydrogens is 609 g/mol. The van der Waals surface area contributed by atoms with Crippen LogP contribution in [0.4, 0.5) is 0 Å². The Hall–Kier alpha value is -1.39. The summed E-state index contributed by atoms with van der Waals surface area (Å²) in [6.45, 7) is 4.56. The molecule has 0 radical (unpaired) electrons. The van der Waals surface area contributed by atoms with E-state index in [1.165, 1.54) is 185 Å². The summed E-state index contributed by atoms with van der Waals surface area (Å²) in [5.74, 6) is 0. The van der Waals surface area contributed by atoms with Crippen molar-refractivity contribution in [3.63, 3.8) is 0 Å². The lowest BCUT2D eigenvalue weighted by molar-refractivity contribution is 0.481. The zero-order valence-corrected chi connectivity index (χ0v) is 32.5. The standard InChI is InChI=1S/C44H76O3S/c1-3-5-7-9-11-13-15-17-19-21-23-25-27-29-31-34-40-36-33-37-41-39-44(48(45,46)47)42(38-43(40)41)35-32-30-28-26-24-22-20-18-16-14-12-10-8-6-4-2/h33,36-39H,3-32,34-35H2,1-2H3,(H,45,46,47). The molecule has 0 atom stereocenters. The van der Waals surface area contributed by atoms with Gasteiger partial charge in [-0.1, -0.05) is 212 Å². The molecule has 1 N–H and O–H groups in total. The van der Waals surface area contributed by atoms with Gasteiger partial charge in [-0.3, -0.25) is 4.55 Å². The number of aryl methyl sites for hydroxylation is 2. The van der Waals surface area contributed by atoms with Gasteiger partial charge in [0.1, 0.15) is 0 Å². The van der Waals surface area contributed by atoms with Gasteiger partial charge < -0.3 is 0 Å². The lowest BCUT2D eigenvalue weighted by Gasteiger charge is -2.13. The molecule has 0 aromatic heterocycles. The Bertz CT molecular complexity index is 1160. The van der Waals surface area contributed by atoms with E-state index in [0.717, 1.165) is 35.6 Å². The van der Waals surface area contributed by atoms with E-state index in [0.29, 0.717) is 6.42 Å². The van der Waals surface area contributed by atoms with Crippen molar-refractivity contribution in [3.8, 4) is 0 Å². The molecule has 2 rings (SSSR count). The summed E-state index contributed by atoms with van der Waals surface area (Å²) in [5, 5.41) is 2.08. The smallest absolute Gasteiger partial charge is 0.282 e. The predicted molar refractivity (Wildman–Crippen MR) is 211 cm³/mol. The quantitative estimate of drug-likeness (QED) is 0.0601. The topological polar surface area (TPSA) is 54.4 Å². The van der Waals surface area contributed by atoms with Crippen LogP contribution in [-0.4, -0.2) is 13.0 Å². The second-order valence-corrected chi connectivity index (χ2v) is 16.4. The number of hydrogen-bond acceptors (Lipinski definition) is 2. The summed E-state index contributed by atoms with van der Waals surface area (Å²) in [7, 11) is -4.25. The van der Waals surface area contributed by atoms with Gasteiger partial charge in [-0.25, -0.2) is 0 Å². The van der Waals surface area contributed by atoms with Crippen molar-refractivity contribution in [2.45, 2.75) is 224 Å². The third-order valence-electron chi connectivity index (χ3n) is 10.5. The van der Waals surface area contributed by atoms with Gasteiger partial charge in [-0.05, 0) is 59.7 Å². The normalized spacial score (nSPS) is 12.0. The fraction of sp³-hybridized carbons (Fsp3) is 0.773. The molecule has 0 heterocycles. The zero-order chi connectivity index (χ0) is 34.5. The summed E-state index contributed by atoms with van der Waals surface area (Å²) in [6.07, 6.45) is 42.0. The molecule has 276 valence electrons. The maximum absolute atomic E-state index is 12.3. The molecule has 0 unspecified atom stereocenters. The maximum atomic E-state index is 12.3. The Kier molecular flexibility index (Phi) is 25.2. The molecule has 0 bridgehead atoms. The van der Waals surface area contributed by atoms with Crippen LogP contribution in [0.1, 0.15) is 218 Å². The molecule has 0 saturated heterocycles. The van der Waals surface area contributed by atoms with Crippen LogP contribution in [0.3, 0.4) is 0 Å². The number of hydrogen-bond donors (Lipinski definition) is 1. The van der Waals surface area contributed by atoms with E-state index in [9.17, 15) is 13.0 Å². The molecule has 4 heteroatoms. The van der Waals surface area contributed by atoms with E-state index in [1.54, 1.807) is 6.07 Å². The van der Waals surface area contributed by atoms with Crippen LogP contribution in [0.25, 0.3) is 10.8 Å². The molecule has 0 spiro atoms. The molecular formula is C44H76O3S. The number of unbranched alkanes of at least 4 members (excludes halogenated alkanes) is 28. The van der Waals surface area contributed by atoms with Crippen molar-refractivity contribution in [1.82, 2.24) is 0 Å². The van der Waals surface area contributed by atoms with Gasteiger partial charge in [0, 0.05) is 0 Å². The largest absolute Gasteiger partial charge is 0.294 e. The zero-order valence-electron chi connectivity index (χ0n) is 31.7. The molecule has 2 aromatic rings. The van der Waals surface area contributed by atoms with Crippen molar-refractivity contribution in [3.05, 3.63) is 41.5 Å². The van der Waals surface area contributed by atoms with Gasteiger partial charge in [-0.15, -0.1) is 0 Å². The summed E-state index contributed by atoms with van der Waals surface area (Å²) in [5.41, 5.74) is 2.09. The first-order valence-electron chi connectivity index (χ1n) is 21.0. The summed E-state index contributed by atoms with van der Waals surface area (Å²) >= 11 is 0. The third kappa shape index (κ3) is 20.3. The minimum Gasteiger partial charge on any atom is -0.282 e. The Balaban J connectivity index is 1.65. The monoisotopic (exact) mass is 685 g/mol. The van der Waals surface area contributed by atoms with Crippen LogP contribution in [0.15, 0.2) is 35.2 Å². The van der Waals surface area contributed by atoms with Gasteiger partial charge in [0.15, 0.2) is 0 Å². The SMILES string of the molecule is CCCCCCCCCCCCCCCCCc1cc2c(CCCCCCCCCCCCCCCCC)cccc2cc1S(=O)(=O)O. The summed E-state index contributed by atoms with van der Waals surface area (Å²) in [4.78, 5) is 0.101. The van der Waals surface area contributed by atoms with Crippen LogP contribution in [0.5, 0.6) is 0 Å². The van der Waals surface area contributed by atoms with E-state index in [4.69, 9.17) is 0 Å². The highest BCUT2D eigenvalue weighted by molar-refractivity contribution is 7.85. The Labute approximate surface area is 298 Å². The van der Waals surface area contributed by atoms with E-state index >= 15 is 0 Å². The minimum absolute atomic E-state index is 0.101. The van der Waals surface area contributed by atoms with Gasteiger partial charge in [-0.2, -0.15) is 8.42 Å². The summed E-state index contributed by atoms with van der Waals surface area (Å²) in [6, 6.07) is 10.0. The Morgan fingerprint density at radius 2 is 0.771 bits per heavy atom. The average Bonchev–Trinajstić information content (AvgIpc) is 3.07. The van der Waals surface area contributed by atoms with Gasteiger partial charge in [0.05, 0.1) is 4.90 Å². The Morgan fingerprint density at radius 1 is 0.438 bits per heavy atom. The number of rotatable bonds is 33. The molecule has 3 nitrogen and oxygen atoms in total. The highest BCUT2D eigenvalue weighted by Crippen LogP contribution is 2.29. The van der Waals surface area contributed by atoms with Crippen LogP contribution >= 0.6 is 0 Å². The van der Waals surface area contributed by atoms with Crippen molar-refractivity contribution < 1.29 is 13.0 Å². The van der Waals surface area contributed by atoms with Crippen molar-refractivity contribution in [2.24, 2.45) is 0 Å². The molecule has 0 fully saturated rings. The van der Waals surface area contributed by atoms with Crippen LogP contribution in [-0.2, 0) is 23.0 Å². The number of fused-ring (bicyclic) bond motifs is 1. The predicted octanol–water partition coefficient (Wildman–Crippen LogP) is 14.9. The first-order valence-corrected chi connectivity index (χ1v) is 22.4. The molecule has 2 aromatic carbocycles. The van der Waals surface area contributed by atoms with Crippen molar-refractivity contribution in [2.75, 3.05) is 0 Å². The number of benzene rings is 2. The van der Waals surface area contributed by atoms with Crippen LogP contribution in [0, 0.1) is 0 Å². The van der Waals surface area contributed by atoms with Crippen LogP contribution < -0.4 is 0 Å². The van der Waals surface area contributed by atoms with Gasteiger partial charge >= 0.3 is 0 Å². The average molecular weight is 685 g/mol. The lowest BCUT2D eigenvalue weighted by Crippen LogP contribution is -2.04. The first kappa shape index (κ1) is 42.8. The molecule has 48 heavy (non-hydrogen) atoms.